The molecule has 0 aliphatic carbocycles. The maximum absolute atomic E-state index is 12.8. The first-order chi connectivity index (χ1) is 17.9. The van der Waals surface area contributed by atoms with Gasteiger partial charge < -0.3 is 33.7 Å². The van der Waals surface area contributed by atoms with E-state index in [-0.39, 0.29) is 29.3 Å². The summed E-state index contributed by atoms with van der Waals surface area (Å²) in [7, 11) is 5.92. The molecule has 2 aromatic heterocycles. The molecule has 0 fully saturated rings. The summed E-state index contributed by atoms with van der Waals surface area (Å²) in [6.07, 6.45) is 0. The molecule has 0 spiro atoms. The van der Waals surface area contributed by atoms with Crippen molar-refractivity contribution in [3.63, 3.8) is 0 Å². The summed E-state index contributed by atoms with van der Waals surface area (Å²) in [4.78, 5) is 12.8. The molecule has 0 atom stereocenters. The molecule has 0 radical (unpaired) electrons. The van der Waals surface area contributed by atoms with E-state index >= 15 is 0 Å². The smallest absolute Gasteiger partial charge is 0.353 e. The van der Waals surface area contributed by atoms with Crippen molar-refractivity contribution in [3.8, 4) is 39.9 Å². The number of nitrogens with zero attached hydrogens (tertiary/aromatic N) is 3. The molecule has 0 unspecified atom stereocenters. The van der Waals surface area contributed by atoms with Crippen LogP contribution in [-0.2, 0) is 6.54 Å². The van der Waals surface area contributed by atoms with Gasteiger partial charge in [-0.25, -0.2) is 4.79 Å². The van der Waals surface area contributed by atoms with Crippen LogP contribution in [0.25, 0.3) is 33.1 Å². The van der Waals surface area contributed by atoms with Crippen LogP contribution in [0.3, 0.4) is 0 Å². The third kappa shape index (κ3) is 3.93. The maximum Gasteiger partial charge on any atom is 0.353 e. The number of methoxy groups -OCH3 is 4. The van der Waals surface area contributed by atoms with Crippen LogP contribution >= 0.6 is 11.7 Å². The van der Waals surface area contributed by atoms with Crippen LogP contribution in [-0.4, -0.2) is 57.9 Å². The zero-order valence-corrected chi connectivity index (χ0v) is 21.3. The van der Waals surface area contributed by atoms with Gasteiger partial charge in [0.25, 0.3) is 0 Å². The lowest BCUT2D eigenvalue weighted by molar-refractivity contribution is 0.0687. The number of aromatic nitrogens is 3. The predicted octanol–water partition coefficient (Wildman–Crippen LogP) is 4.80. The number of rotatable bonds is 8. The third-order valence-corrected chi connectivity index (χ3v) is 6.75. The molecule has 2 heterocycles. The van der Waals surface area contributed by atoms with Gasteiger partial charge in [0, 0.05) is 29.8 Å². The van der Waals surface area contributed by atoms with Crippen molar-refractivity contribution in [2.24, 2.45) is 0 Å². The fourth-order valence-electron chi connectivity index (χ4n) is 4.58. The zero-order valence-electron chi connectivity index (χ0n) is 20.4. The minimum Gasteiger partial charge on any atom is -0.507 e. The number of phenolic OH excluding ortho intramolecular Hbond substituents is 1. The number of carboxylic acid groups (broad SMARTS) is 1. The first-order valence-corrected chi connectivity index (χ1v) is 11.8. The molecule has 0 aliphatic rings. The van der Waals surface area contributed by atoms with Gasteiger partial charge in [-0.15, -0.1) is 0 Å². The molecule has 11 heteroatoms. The standard InChI is InChI=1S/C26H23N3O7S/c1-33-14-6-7-15(19(30)10-14)21-22-18(11-20(34-2)24(35-3)25(22)36-4)29(23(21)26(31)32)12-13-5-8-16-17(9-13)28-37-27-16/h5-11,30H,12H2,1-4H3,(H,31,32). The molecule has 0 aliphatic heterocycles. The molecule has 3 aromatic carbocycles. The van der Waals surface area contributed by atoms with Gasteiger partial charge in [0.2, 0.25) is 5.75 Å². The van der Waals surface area contributed by atoms with Crippen LogP contribution in [0.15, 0.2) is 42.5 Å². The monoisotopic (exact) mass is 521 g/mol. The number of ether oxygens (including phenoxy) is 4. The van der Waals surface area contributed by atoms with E-state index < -0.39 is 5.97 Å². The van der Waals surface area contributed by atoms with Gasteiger partial charge in [-0.05, 0) is 29.8 Å². The molecular weight excluding hydrogens is 498 g/mol. The van der Waals surface area contributed by atoms with E-state index in [0.29, 0.717) is 33.7 Å². The summed E-state index contributed by atoms with van der Waals surface area (Å²) in [6.45, 7) is 0.196. The average Bonchev–Trinajstić information content (AvgIpc) is 3.49. The van der Waals surface area contributed by atoms with Crippen LogP contribution in [0.2, 0.25) is 0 Å². The highest BCUT2D eigenvalue weighted by atomic mass is 32.1. The molecule has 0 amide bonds. The summed E-state index contributed by atoms with van der Waals surface area (Å²) < 4.78 is 32.3. The first kappa shape index (κ1) is 24.2. The van der Waals surface area contributed by atoms with E-state index in [2.05, 4.69) is 8.75 Å². The van der Waals surface area contributed by atoms with Gasteiger partial charge in [-0.1, -0.05) is 6.07 Å². The predicted molar refractivity (Wildman–Crippen MR) is 139 cm³/mol. The molecule has 0 saturated carbocycles. The highest BCUT2D eigenvalue weighted by Crippen LogP contribution is 2.51. The highest BCUT2D eigenvalue weighted by molar-refractivity contribution is 7.00. The molecule has 5 aromatic rings. The molecule has 5 rings (SSSR count). The Morgan fingerprint density at radius 1 is 0.919 bits per heavy atom. The van der Waals surface area contributed by atoms with Gasteiger partial charge >= 0.3 is 5.97 Å². The molecule has 37 heavy (non-hydrogen) atoms. The molecule has 190 valence electrons. The zero-order chi connectivity index (χ0) is 26.3. The molecule has 0 bridgehead atoms. The number of fused-ring (bicyclic) bond motifs is 2. The van der Waals surface area contributed by atoms with E-state index in [1.165, 1.54) is 34.5 Å². The van der Waals surface area contributed by atoms with Gasteiger partial charge in [-0.2, -0.15) is 8.75 Å². The topological polar surface area (TPSA) is 125 Å². The number of carboxylic acids is 1. The Hall–Kier alpha value is -4.51. The second kappa shape index (κ2) is 9.51. The van der Waals surface area contributed by atoms with Crippen molar-refractivity contribution in [2.75, 3.05) is 28.4 Å². The number of hydrogen-bond donors (Lipinski definition) is 2. The minimum atomic E-state index is -1.18. The van der Waals surface area contributed by atoms with Crippen LogP contribution in [0.4, 0.5) is 0 Å². The summed E-state index contributed by atoms with van der Waals surface area (Å²) in [5.41, 5.74) is 3.36. The van der Waals surface area contributed by atoms with Crippen molar-refractivity contribution in [2.45, 2.75) is 6.54 Å². The third-order valence-electron chi connectivity index (χ3n) is 6.19. The Balaban J connectivity index is 1.89. The Morgan fingerprint density at radius 3 is 2.32 bits per heavy atom. The lowest BCUT2D eigenvalue weighted by Gasteiger charge is -2.15. The average molecular weight is 522 g/mol. The lowest BCUT2D eigenvalue weighted by atomic mass is 9.99. The van der Waals surface area contributed by atoms with Crippen molar-refractivity contribution in [1.29, 1.82) is 0 Å². The highest BCUT2D eigenvalue weighted by Gasteiger charge is 2.31. The van der Waals surface area contributed by atoms with Crippen LogP contribution in [0.5, 0.6) is 28.7 Å². The van der Waals surface area contributed by atoms with E-state index in [9.17, 15) is 15.0 Å². The maximum atomic E-state index is 12.8. The summed E-state index contributed by atoms with van der Waals surface area (Å²) in [6, 6.07) is 12.0. The Morgan fingerprint density at radius 2 is 1.68 bits per heavy atom. The van der Waals surface area contributed by atoms with Crippen LogP contribution in [0.1, 0.15) is 16.1 Å². The quantitative estimate of drug-likeness (QED) is 0.296. The Labute approximate surface area is 215 Å². The van der Waals surface area contributed by atoms with Gasteiger partial charge in [0.15, 0.2) is 11.5 Å². The fourth-order valence-corrected chi connectivity index (χ4v) is 5.10. The normalized spacial score (nSPS) is 11.1. The molecule has 10 nitrogen and oxygen atoms in total. The van der Waals surface area contributed by atoms with Crippen LogP contribution < -0.4 is 18.9 Å². The van der Waals surface area contributed by atoms with Gasteiger partial charge in [0.05, 0.1) is 51.1 Å². The summed E-state index contributed by atoms with van der Waals surface area (Å²) in [5, 5.41) is 21.9. The fraction of sp³-hybridized carbons (Fsp3) is 0.192. The lowest BCUT2D eigenvalue weighted by Crippen LogP contribution is -2.10. The van der Waals surface area contributed by atoms with Crippen molar-refractivity contribution >= 4 is 39.6 Å². The number of hydrogen-bond acceptors (Lipinski definition) is 9. The second-order valence-electron chi connectivity index (χ2n) is 8.12. The van der Waals surface area contributed by atoms with Crippen molar-refractivity contribution in [3.05, 3.63) is 53.7 Å². The van der Waals surface area contributed by atoms with Crippen LogP contribution in [0, 0.1) is 0 Å². The summed E-state index contributed by atoms with van der Waals surface area (Å²) in [5.74, 6) is 0.0502. The molecular formula is C26H23N3O7S. The number of phenols is 1. The number of carbonyl (C=O) groups is 1. The van der Waals surface area contributed by atoms with E-state index in [4.69, 9.17) is 18.9 Å². The van der Waals surface area contributed by atoms with E-state index in [1.807, 2.05) is 18.2 Å². The van der Waals surface area contributed by atoms with Gasteiger partial charge in [0.1, 0.15) is 28.2 Å². The molecule has 0 saturated heterocycles. The number of aromatic carboxylic acids is 1. The molecule has 2 N–H and O–H groups in total. The van der Waals surface area contributed by atoms with E-state index in [0.717, 1.165) is 28.3 Å². The first-order valence-electron chi connectivity index (χ1n) is 11.1. The van der Waals surface area contributed by atoms with E-state index in [1.54, 1.807) is 22.8 Å². The van der Waals surface area contributed by atoms with Crippen molar-refractivity contribution < 1.29 is 34.0 Å². The van der Waals surface area contributed by atoms with Gasteiger partial charge in [-0.3, -0.25) is 0 Å². The van der Waals surface area contributed by atoms with Crippen molar-refractivity contribution in [1.82, 2.24) is 13.3 Å². The minimum absolute atomic E-state index is 0.0411. The Kier molecular flexibility index (Phi) is 6.22. The number of benzene rings is 3. The number of aromatic hydroxyl groups is 1. The SMILES string of the molecule is COc1ccc(-c2c(C(=O)O)n(Cc3ccc4nsnc4c3)c3cc(OC)c(OC)c(OC)c23)c(O)c1. The summed E-state index contributed by atoms with van der Waals surface area (Å²) >= 11 is 1.11. The second-order valence-corrected chi connectivity index (χ2v) is 8.65. The largest absolute Gasteiger partial charge is 0.507 e. The Bertz CT molecular complexity index is 1660.